The normalized spacial score (nSPS) is 12.5. The van der Waals surface area contributed by atoms with Gasteiger partial charge in [0.25, 0.3) is 0 Å². The van der Waals surface area contributed by atoms with E-state index in [9.17, 15) is 5.11 Å². The Morgan fingerprint density at radius 2 is 2.31 bits per heavy atom. The van der Waals surface area contributed by atoms with Crippen LogP contribution in [0.2, 0.25) is 0 Å². The molecule has 1 atom stereocenters. The number of rotatable bonds is 6. The molecule has 0 aliphatic carbocycles. The van der Waals surface area contributed by atoms with Gasteiger partial charge in [0.05, 0.1) is 12.7 Å². The predicted molar refractivity (Wildman–Crippen MR) is 63.0 cm³/mol. The van der Waals surface area contributed by atoms with Gasteiger partial charge >= 0.3 is 0 Å². The second-order valence-electron chi connectivity index (χ2n) is 3.15. The molecule has 0 saturated heterocycles. The Hall–Kier alpha value is -0.890. The van der Waals surface area contributed by atoms with Gasteiger partial charge in [-0.05, 0) is 0 Å². The molecule has 0 saturated carbocycles. The SMILES string of the molecule is CCc1nc(NN)cc(SCC(O)CO)n1. The highest BCUT2D eigenvalue weighted by Gasteiger charge is 2.07. The standard InChI is InChI=1S/C9H16N4O2S/c1-2-7-11-8(13-10)3-9(12-7)16-5-6(15)4-14/h3,6,14-15H,2,4-5,10H2,1H3,(H,11,12,13). The van der Waals surface area contributed by atoms with Crippen molar-refractivity contribution in [3.63, 3.8) is 0 Å². The van der Waals surface area contributed by atoms with E-state index >= 15 is 0 Å². The molecule has 0 radical (unpaired) electrons. The Morgan fingerprint density at radius 3 is 2.88 bits per heavy atom. The van der Waals surface area contributed by atoms with E-state index in [0.29, 0.717) is 23.8 Å². The maximum atomic E-state index is 9.22. The lowest BCUT2D eigenvalue weighted by atomic mass is 10.4. The van der Waals surface area contributed by atoms with Gasteiger partial charge in [-0.25, -0.2) is 15.8 Å². The zero-order chi connectivity index (χ0) is 12.0. The quantitative estimate of drug-likeness (QED) is 0.237. The molecular formula is C9H16N4O2S. The highest BCUT2D eigenvalue weighted by Crippen LogP contribution is 2.19. The van der Waals surface area contributed by atoms with Gasteiger partial charge in [-0.3, -0.25) is 0 Å². The number of nitrogens with two attached hydrogens (primary N) is 1. The van der Waals surface area contributed by atoms with E-state index in [1.165, 1.54) is 11.8 Å². The Bertz CT molecular complexity index is 315. The number of thioether (sulfide) groups is 1. The van der Waals surface area contributed by atoms with Crippen LogP contribution >= 0.6 is 11.8 Å². The fourth-order valence-corrected chi connectivity index (χ4v) is 1.85. The Balaban J connectivity index is 2.71. The van der Waals surface area contributed by atoms with Crippen molar-refractivity contribution in [2.45, 2.75) is 24.5 Å². The number of nitrogens with zero attached hydrogens (tertiary/aromatic N) is 2. The van der Waals surface area contributed by atoms with Crippen molar-refractivity contribution < 1.29 is 10.2 Å². The molecule has 90 valence electrons. The van der Waals surface area contributed by atoms with Gasteiger partial charge in [0.2, 0.25) is 0 Å². The lowest BCUT2D eigenvalue weighted by Gasteiger charge is -2.08. The largest absolute Gasteiger partial charge is 0.394 e. The highest BCUT2D eigenvalue weighted by molar-refractivity contribution is 7.99. The zero-order valence-corrected chi connectivity index (χ0v) is 9.87. The molecule has 0 fully saturated rings. The molecule has 1 unspecified atom stereocenters. The minimum absolute atomic E-state index is 0.249. The summed E-state index contributed by atoms with van der Waals surface area (Å²) in [7, 11) is 0. The summed E-state index contributed by atoms with van der Waals surface area (Å²) < 4.78 is 0. The van der Waals surface area contributed by atoms with Crippen LogP contribution in [-0.2, 0) is 6.42 Å². The number of hydrogen-bond donors (Lipinski definition) is 4. The second kappa shape index (κ2) is 6.64. The molecule has 1 aromatic rings. The van der Waals surface area contributed by atoms with Crippen LogP contribution < -0.4 is 11.3 Å². The topological polar surface area (TPSA) is 104 Å². The molecule has 16 heavy (non-hydrogen) atoms. The van der Waals surface area contributed by atoms with Crippen molar-refractivity contribution in [3.05, 3.63) is 11.9 Å². The summed E-state index contributed by atoms with van der Waals surface area (Å²) >= 11 is 1.36. The lowest BCUT2D eigenvalue weighted by Crippen LogP contribution is -2.15. The van der Waals surface area contributed by atoms with Crippen molar-refractivity contribution in [2.24, 2.45) is 5.84 Å². The van der Waals surface area contributed by atoms with Gasteiger partial charge in [-0.1, -0.05) is 6.92 Å². The summed E-state index contributed by atoms with van der Waals surface area (Å²) in [4.78, 5) is 8.41. The van der Waals surface area contributed by atoms with Crippen molar-refractivity contribution >= 4 is 17.6 Å². The highest BCUT2D eigenvalue weighted by atomic mass is 32.2. The lowest BCUT2D eigenvalue weighted by molar-refractivity contribution is 0.113. The number of aliphatic hydroxyl groups is 2. The number of aromatic nitrogens is 2. The molecule has 0 aromatic carbocycles. The van der Waals surface area contributed by atoms with E-state index in [1.807, 2.05) is 6.92 Å². The molecule has 1 rings (SSSR count). The number of aryl methyl sites for hydroxylation is 1. The van der Waals surface area contributed by atoms with E-state index in [-0.39, 0.29) is 6.61 Å². The summed E-state index contributed by atoms with van der Waals surface area (Å²) in [6, 6.07) is 1.70. The van der Waals surface area contributed by atoms with E-state index in [0.717, 1.165) is 5.03 Å². The molecule has 1 aromatic heterocycles. The first kappa shape index (κ1) is 13.2. The molecule has 0 spiro atoms. The van der Waals surface area contributed by atoms with Crippen LogP contribution in [0.5, 0.6) is 0 Å². The summed E-state index contributed by atoms with van der Waals surface area (Å²) in [5.74, 6) is 6.92. The van der Waals surface area contributed by atoms with E-state index in [1.54, 1.807) is 6.07 Å². The predicted octanol–water partition coefficient (Wildman–Crippen LogP) is -0.230. The fourth-order valence-electron chi connectivity index (χ4n) is 1.01. The Kier molecular flexibility index (Phi) is 5.47. The molecule has 0 aliphatic heterocycles. The molecule has 6 nitrogen and oxygen atoms in total. The van der Waals surface area contributed by atoms with Gasteiger partial charge in [-0.2, -0.15) is 0 Å². The fraction of sp³-hybridized carbons (Fsp3) is 0.556. The summed E-state index contributed by atoms with van der Waals surface area (Å²) in [6.07, 6.45) is -0.0228. The number of anilines is 1. The van der Waals surface area contributed by atoms with Crippen LogP contribution in [0, 0.1) is 0 Å². The first-order valence-corrected chi connectivity index (χ1v) is 5.94. The molecular weight excluding hydrogens is 228 g/mol. The third-order valence-electron chi connectivity index (χ3n) is 1.85. The van der Waals surface area contributed by atoms with Crippen molar-refractivity contribution in [1.82, 2.24) is 9.97 Å². The number of nitrogens with one attached hydrogen (secondary N) is 1. The summed E-state index contributed by atoms with van der Waals surface area (Å²) in [5.41, 5.74) is 2.47. The van der Waals surface area contributed by atoms with Crippen molar-refractivity contribution in [1.29, 1.82) is 0 Å². The number of hydrogen-bond acceptors (Lipinski definition) is 7. The molecule has 5 N–H and O–H groups in total. The number of nitrogen functional groups attached to an aromatic ring is 1. The molecule has 0 bridgehead atoms. The third-order valence-corrected chi connectivity index (χ3v) is 2.90. The Morgan fingerprint density at radius 1 is 1.56 bits per heavy atom. The van der Waals surface area contributed by atoms with Crippen molar-refractivity contribution in [2.75, 3.05) is 17.8 Å². The van der Waals surface area contributed by atoms with Crippen LogP contribution in [0.1, 0.15) is 12.7 Å². The van der Waals surface area contributed by atoms with Crippen LogP contribution in [0.3, 0.4) is 0 Å². The van der Waals surface area contributed by atoms with E-state index in [4.69, 9.17) is 10.9 Å². The van der Waals surface area contributed by atoms with E-state index < -0.39 is 6.10 Å². The summed E-state index contributed by atoms with van der Waals surface area (Å²) in [6.45, 7) is 1.70. The Labute approximate surface area is 98.3 Å². The maximum absolute atomic E-state index is 9.22. The third kappa shape index (κ3) is 3.93. The second-order valence-corrected chi connectivity index (χ2v) is 4.19. The molecule has 7 heteroatoms. The van der Waals surface area contributed by atoms with Crippen molar-refractivity contribution in [3.8, 4) is 0 Å². The van der Waals surface area contributed by atoms with Gasteiger partial charge in [0.1, 0.15) is 16.7 Å². The minimum atomic E-state index is -0.737. The first-order valence-electron chi connectivity index (χ1n) is 4.95. The van der Waals surface area contributed by atoms with Crippen LogP contribution in [0.4, 0.5) is 5.82 Å². The smallest absolute Gasteiger partial charge is 0.144 e. The zero-order valence-electron chi connectivity index (χ0n) is 9.05. The number of aliphatic hydroxyl groups excluding tert-OH is 2. The monoisotopic (exact) mass is 244 g/mol. The molecule has 1 heterocycles. The number of hydrazine groups is 1. The average molecular weight is 244 g/mol. The molecule has 0 aliphatic rings. The maximum Gasteiger partial charge on any atom is 0.144 e. The van der Waals surface area contributed by atoms with Gasteiger partial charge in [0, 0.05) is 18.2 Å². The first-order chi connectivity index (χ1) is 7.69. The van der Waals surface area contributed by atoms with Gasteiger partial charge < -0.3 is 15.6 Å². The van der Waals surface area contributed by atoms with Crippen LogP contribution in [0.15, 0.2) is 11.1 Å². The van der Waals surface area contributed by atoms with Gasteiger partial charge in [0.15, 0.2) is 0 Å². The van der Waals surface area contributed by atoms with Crippen LogP contribution in [0.25, 0.3) is 0 Å². The minimum Gasteiger partial charge on any atom is -0.394 e. The molecule has 0 amide bonds. The summed E-state index contributed by atoms with van der Waals surface area (Å²) in [5, 5.41) is 18.6. The van der Waals surface area contributed by atoms with Gasteiger partial charge in [-0.15, -0.1) is 11.8 Å². The average Bonchev–Trinajstić information content (AvgIpc) is 2.35. The van der Waals surface area contributed by atoms with Crippen LogP contribution in [-0.4, -0.2) is 38.6 Å². The van der Waals surface area contributed by atoms with E-state index in [2.05, 4.69) is 15.4 Å².